The fraction of sp³-hybridized carbons (Fsp3) is 0.176. The normalized spacial score (nSPS) is 9.68. The minimum Gasteiger partial charge on any atom is -0.744 e. The first kappa shape index (κ1) is 43.8. The van der Waals surface area contributed by atoms with Crippen molar-refractivity contribution in [1.82, 2.24) is 6.15 Å². The fourth-order valence-electron chi connectivity index (χ4n) is 3.86. The maximum absolute atomic E-state index is 12.7. The van der Waals surface area contributed by atoms with Crippen molar-refractivity contribution in [3.05, 3.63) is 113 Å². The molecular weight excluding hydrogens is 622 g/mol. The van der Waals surface area contributed by atoms with Gasteiger partial charge in [0.1, 0.15) is 10.1 Å². The molecule has 0 heterocycles. The smallest absolute Gasteiger partial charge is 0.255 e. The quantitative estimate of drug-likeness (QED) is 0.0888. The minimum atomic E-state index is -4.86. The van der Waals surface area contributed by atoms with Crippen LogP contribution in [0.2, 0.25) is 0 Å². The molecule has 0 atom stereocenters. The first-order valence-electron chi connectivity index (χ1n) is 12.5. The first-order valence-corrected chi connectivity index (χ1v) is 13.9. The van der Waals surface area contributed by atoms with E-state index in [1.54, 1.807) is 55.6 Å². The predicted molar refractivity (Wildman–Crippen MR) is 190 cm³/mol. The summed E-state index contributed by atoms with van der Waals surface area (Å²) >= 11 is 0. The van der Waals surface area contributed by atoms with E-state index in [0.29, 0.717) is 28.2 Å². The summed E-state index contributed by atoms with van der Waals surface area (Å²) in [6, 6.07) is 22.3. The number of hydrogen-bond acceptors (Lipinski definition) is 8. The predicted octanol–water partition coefficient (Wildman–Crippen LogP) is 7.51. The van der Waals surface area contributed by atoms with Crippen molar-refractivity contribution in [2.45, 2.75) is 41.5 Å². The highest BCUT2D eigenvalue weighted by Crippen LogP contribution is 2.25. The molecule has 0 aliphatic carbocycles. The maximum atomic E-state index is 12.7. The zero-order valence-electron chi connectivity index (χ0n) is 23.4. The van der Waals surface area contributed by atoms with Gasteiger partial charge in [0.05, 0.1) is 10.6 Å². The average Bonchev–Trinajstić information content (AvgIpc) is 2.97. The Morgan fingerprint density at radius 3 is 1.23 bits per heavy atom. The Balaban J connectivity index is 0. The van der Waals surface area contributed by atoms with Crippen LogP contribution in [-0.2, 0) is 10.1 Å². The molecule has 254 valence electrons. The largest absolute Gasteiger partial charge is 0.744 e. The van der Waals surface area contributed by atoms with Crippen LogP contribution < -0.4 is 27.4 Å². The zero-order valence-corrected chi connectivity index (χ0v) is 24.2. The lowest BCUT2D eigenvalue weighted by molar-refractivity contribution is 0.100. The number of Topliss-reactive ketones (excluding diaryl/α,β-unsaturated/α-hetero) is 1. The van der Waals surface area contributed by atoms with Crippen LogP contribution in [0.3, 0.4) is 0 Å². The lowest BCUT2D eigenvalue weighted by Crippen LogP contribution is -2.16. The van der Waals surface area contributed by atoms with Gasteiger partial charge in [0.2, 0.25) is 0 Å². The number of rotatable bonds is 9. The third-order valence-corrected chi connectivity index (χ3v) is 7.03. The number of benzene rings is 4. The molecule has 0 fully saturated rings. The number of anilines is 4. The second kappa shape index (κ2) is 18.6. The van der Waals surface area contributed by atoms with E-state index in [1.165, 1.54) is 43.3 Å². The molecule has 0 spiro atoms. The Morgan fingerprint density at radius 1 is 0.553 bits per heavy atom. The number of nitrogens with one attached hydrogen (secondary N) is 4. The maximum Gasteiger partial charge on any atom is 0.255 e. The monoisotopic (exact) mass is 667 g/mol. The van der Waals surface area contributed by atoms with Crippen LogP contribution in [-0.4, -0.2) is 43.5 Å². The summed E-state index contributed by atoms with van der Waals surface area (Å²) in [4.78, 5) is 48.7. The van der Waals surface area contributed by atoms with E-state index in [9.17, 15) is 32.1 Å². The molecule has 47 heavy (non-hydrogen) atoms. The van der Waals surface area contributed by atoms with Crippen LogP contribution in [0.4, 0.5) is 22.7 Å². The van der Waals surface area contributed by atoms with Crippen LogP contribution in [0.15, 0.2) is 95.9 Å². The number of hydrogen-bond donors (Lipinski definition) is 5. The molecule has 8 N–H and O–H groups in total. The lowest BCUT2D eigenvalue weighted by atomic mass is 10.1. The Hall–Kier alpha value is -5.37. The molecular formula is C34H45N5O7S. The summed E-state index contributed by atoms with van der Waals surface area (Å²) in [6.07, 6.45) is 0. The van der Waals surface area contributed by atoms with Crippen molar-refractivity contribution in [1.29, 1.82) is 0 Å². The molecule has 12 nitrogen and oxygen atoms in total. The summed E-state index contributed by atoms with van der Waals surface area (Å²) < 4.78 is 35.0. The summed E-state index contributed by atoms with van der Waals surface area (Å²) in [5.74, 6) is -1.57. The Kier molecular flexibility index (Phi) is 17.3. The van der Waals surface area contributed by atoms with Crippen molar-refractivity contribution < 1.29 is 32.1 Å². The van der Waals surface area contributed by atoms with E-state index >= 15 is 0 Å². The van der Waals surface area contributed by atoms with Crippen LogP contribution in [0, 0.1) is 0 Å². The number of carbonyl (C=O) groups is 4. The molecule has 0 bridgehead atoms. The van der Waals surface area contributed by atoms with Gasteiger partial charge in [0, 0.05) is 46.4 Å². The third-order valence-electron chi connectivity index (χ3n) is 6.15. The third kappa shape index (κ3) is 11.2. The van der Waals surface area contributed by atoms with Gasteiger partial charge in [-0.15, -0.1) is 0 Å². The molecule has 4 aromatic rings. The second-order valence-corrected chi connectivity index (χ2v) is 10.4. The van der Waals surface area contributed by atoms with E-state index in [1.807, 2.05) is 0 Å². The van der Waals surface area contributed by atoms with Gasteiger partial charge in [-0.1, -0.05) is 41.8 Å². The molecule has 4 rings (SSSR count). The molecule has 0 radical (unpaired) electrons. The summed E-state index contributed by atoms with van der Waals surface area (Å²) in [6.45, 7) is 1.44. The van der Waals surface area contributed by atoms with Crippen molar-refractivity contribution >= 4 is 56.4 Å². The van der Waals surface area contributed by atoms with E-state index in [0.717, 1.165) is 6.07 Å². The molecule has 4 aromatic carbocycles. The standard InChI is InChI=1S/C30H26N4O7S.4CH4.H3N/c1-18(35)19-3-5-20(6-4-19)28(36)32-23-11-13-24(14-12-23)33-29(37)21-7-9-22(10-8-21)30(38)34-26-16-15-25(31-2)17-27(26)42(39,40)41;;;;;/h3-17,31H,1-2H3,(H,32,36)(H,33,37)(H,34,38)(H,39,40,41);4*1H4;1H3. The number of amides is 3. The number of quaternary nitrogens is 1. The summed E-state index contributed by atoms with van der Waals surface area (Å²) in [5, 5.41) is 10.6. The van der Waals surface area contributed by atoms with Gasteiger partial charge in [-0.25, -0.2) is 8.42 Å². The summed E-state index contributed by atoms with van der Waals surface area (Å²) in [7, 11) is -3.30. The molecule has 0 aromatic heterocycles. The molecule has 0 saturated heterocycles. The Morgan fingerprint density at radius 2 is 0.894 bits per heavy atom. The molecule has 0 aliphatic heterocycles. The van der Waals surface area contributed by atoms with E-state index in [4.69, 9.17) is 0 Å². The van der Waals surface area contributed by atoms with Crippen molar-refractivity contribution in [2.75, 3.05) is 28.3 Å². The Labute approximate surface area is 277 Å². The Bertz CT molecular complexity index is 1770. The van der Waals surface area contributed by atoms with Gasteiger partial charge < -0.3 is 32.0 Å². The molecule has 3 amide bonds. The van der Waals surface area contributed by atoms with Crippen LogP contribution in [0.25, 0.3) is 0 Å². The van der Waals surface area contributed by atoms with Crippen LogP contribution in [0.1, 0.15) is 78.1 Å². The van der Waals surface area contributed by atoms with Gasteiger partial charge >= 0.3 is 0 Å². The topological polar surface area (TPSA) is 210 Å². The van der Waals surface area contributed by atoms with Gasteiger partial charge in [0.25, 0.3) is 17.7 Å². The van der Waals surface area contributed by atoms with E-state index in [-0.39, 0.29) is 64.4 Å². The molecule has 13 heteroatoms. The molecule has 0 unspecified atom stereocenters. The van der Waals surface area contributed by atoms with E-state index in [2.05, 4.69) is 21.3 Å². The zero-order chi connectivity index (χ0) is 30.4. The lowest BCUT2D eigenvalue weighted by Gasteiger charge is -2.15. The van der Waals surface area contributed by atoms with Crippen molar-refractivity contribution in [3.8, 4) is 0 Å². The van der Waals surface area contributed by atoms with Crippen LogP contribution in [0.5, 0.6) is 0 Å². The van der Waals surface area contributed by atoms with Gasteiger partial charge in [-0.05, 0) is 85.8 Å². The van der Waals surface area contributed by atoms with Gasteiger partial charge in [0.15, 0.2) is 5.78 Å². The SMILES string of the molecule is C.C.C.C.CNc1ccc(NC(=O)c2ccc(C(=O)Nc3ccc(NC(=O)c4ccc(C(C)=O)cc4)cc3)cc2)c(S(=O)(=O)[O-])c1.[NH4+]. The molecule has 0 saturated carbocycles. The first-order chi connectivity index (χ1) is 19.9. The van der Waals surface area contributed by atoms with Gasteiger partial charge in [-0.2, -0.15) is 0 Å². The van der Waals surface area contributed by atoms with Crippen molar-refractivity contribution in [2.24, 2.45) is 0 Å². The van der Waals surface area contributed by atoms with Gasteiger partial charge in [-0.3, -0.25) is 19.2 Å². The number of ketones is 1. The fourth-order valence-corrected chi connectivity index (χ4v) is 4.51. The average molecular weight is 668 g/mol. The highest BCUT2D eigenvalue weighted by molar-refractivity contribution is 7.86. The summed E-state index contributed by atoms with van der Waals surface area (Å²) in [5.41, 5.74) is 2.45. The number of carbonyl (C=O) groups excluding carboxylic acids is 4. The molecule has 0 aliphatic rings. The van der Waals surface area contributed by atoms with Crippen molar-refractivity contribution in [3.63, 3.8) is 0 Å². The van der Waals surface area contributed by atoms with E-state index < -0.39 is 26.8 Å². The highest BCUT2D eigenvalue weighted by atomic mass is 32.2. The highest BCUT2D eigenvalue weighted by Gasteiger charge is 2.15. The van der Waals surface area contributed by atoms with Crippen LogP contribution >= 0.6 is 0 Å². The minimum absolute atomic E-state index is 0. The second-order valence-electron chi connectivity index (χ2n) is 9.07.